The topological polar surface area (TPSA) is 50.1 Å². The lowest BCUT2D eigenvalue weighted by Crippen LogP contribution is -2.33. The molecule has 1 aliphatic carbocycles. The number of allylic oxidation sites excluding steroid dienone is 1. The summed E-state index contributed by atoms with van der Waals surface area (Å²) in [6.07, 6.45) is 8.11. The lowest BCUT2D eigenvalue weighted by Gasteiger charge is -2.37. The van der Waals surface area contributed by atoms with Gasteiger partial charge in [0.25, 0.3) is 0 Å². The highest BCUT2D eigenvalue weighted by Gasteiger charge is 2.33. The number of hydrogen-bond donors (Lipinski definition) is 0. The van der Waals surface area contributed by atoms with E-state index in [0.29, 0.717) is 11.5 Å². The highest BCUT2D eigenvalue weighted by atomic mass is 16.5. The Hall–Kier alpha value is -1.92. The summed E-state index contributed by atoms with van der Waals surface area (Å²) in [5.74, 6) is 0.510. The number of aldehydes is 1. The molecular weight excluding hydrogens is 250 g/mol. The zero-order chi connectivity index (χ0) is 14.4. The molecule has 1 aliphatic rings. The van der Waals surface area contributed by atoms with Gasteiger partial charge in [0.1, 0.15) is 6.29 Å². The van der Waals surface area contributed by atoms with Crippen LogP contribution in [0.15, 0.2) is 36.4 Å². The molecule has 0 amide bonds. The van der Waals surface area contributed by atoms with Crippen molar-refractivity contribution in [1.82, 2.24) is 0 Å². The Kier molecular flexibility index (Phi) is 4.70. The Morgan fingerprint density at radius 1 is 1.30 bits per heavy atom. The lowest BCUT2D eigenvalue weighted by molar-refractivity contribution is -0.104. The number of nitriles is 1. The summed E-state index contributed by atoms with van der Waals surface area (Å²) >= 11 is 0. The van der Waals surface area contributed by atoms with Gasteiger partial charge in [-0.25, -0.2) is 0 Å². The van der Waals surface area contributed by atoms with E-state index in [9.17, 15) is 4.79 Å². The predicted molar refractivity (Wildman–Crippen MR) is 77.3 cm³/mol. The molecule has 1 fully saturated rings. The largest absolute Gasteiger partial charge is 0.374 e. The Morgan fingerprint density at radius 2 is 1.95 bits per heavy atom. The van der Waals surface area contributed by atoms with Crippen LogP contribution < -0.4 is 0 Å². The molecule has 1 saturated carbocycles. The Labute approximate surface area is 119 Å². The summed E-state index contributed by atoms with van der Waals surface area (Å²) in [6, 6.07) is 9.98. The molecule has 0 bridgehead atoms. The van der Waals surface area contributed by atoms with Gasteiger partial charge in [-0.05, 0) is 61.4 Å². The molecule has 0 aromatic heterocycles. The van der Waals surface area contributed by atoms with Crippen molar-refractivity contribution in [1.29, 1.82) is 5.26 Å². The molecule has 0 saturated heterocycles. The lowest BCUT2D eigenvalue weighted by atomic mass is 9.75. The van der Waals surface area contributed by atoms with Gasteiger partial charge in [-0.2, -0.15) is 5.26 Å². The zero-order valence-corrected chi connectivity index (χ0v) is 11.7. The van der Waals surface area contributed by atoms with E-state index in [1.807, 2.05) is 30.3 Å². The van der Waals surface area contributed by atoms with Gasteiger partial charge < -0.3 is 4.74 Å². The van der Waals surface area contributed by atoms with Crippen LogP contribution in [-0.2, 0) is 9.53 Å². The minimum Gasteiger partial charge on any atom is -0.374 e. The molecule has 3 heteroatoms. The fourth-order valence-electron chi connectivity index (χ4n) is 2.92. The molecule has 3 nitrogen and oxygen atoms in total. The van der Waals surface area contributed by atoms with E-state index in [4.69, 9.17) is 10.00 Å². The molecule has 104 valence electrons. The summed E-state index contributed by atoms with van der Waals surface area (Å²) in [5.41, 5.74) is 1.70. The maximum Gasteiger partial charge on any atom is 0.142 e. The van der Waals surface area contributed by atoms with E-state index >= 15 is 0 Å². The standard InChI is InChI=1S/C17H19NO2/c1-20-17(9-2-12-19)10-7-16(8-11-17)15-5-3-14(13-18)4-6-15/h2-6,9,12,16H,7-8,10-11H2,1H3. The number of carbonyl (C=O) groups is 1. The first kappa shape index (κ1) is 14.5. The maximum atomic E-state index is 10.5. The van der Waals surface area contributed by atoms with E-state index in [0.717, 1.165) is 32.0 Å². The van der Waals surface area contributed by atoms with E-state index in [2.05, 4.69) is 6.07 Å². The van der Waals surface area contributed by atoms with E-state index in [-0.39, 0.29) is 5.60 Å². The van der Waals surface area contributed by atoms with Crippen LogP contribution in [0.25, 0.3) is 0 Å². The van der Waals surface area contributed by atoms with Crippen molar-refractivity contribution >= 4 is 6.29 Å². The minimum absolute atomic E-state index is 0.288. The highest BCUT2D eigenvalue weighted by Crippen LogP contribution is 2.40. The zero-order valence-electron chi connectivity index (χ0n) is 11.7. The van der Waals surface area contributed by atoms with Gasteiger partial charge in [-0.3, -0.25) is 4.79 Å². The third kappa shape index (κ3) is 3.15. The van der Waals surface area contributed by atoms with Crippen molar-refractivity contribution in [2.24, 2.45) is 0 Å². The number of rotatable bonds is 4. The number of ether oxygens (including phenoxy) is 1. The van der Waals surface area contributed by atoms with Crippen LogP contribution in [0.4, 0.5) is 0 Å². The second kappa shape index (κ2) is 6.49. The van der Waals surface area contributed by atoms with Gasteiger partial charge in [0, 0.05) is 7.11 Å². The normalized spacial score (nSPS) is 26.3. The molecule has 0 atom stereocenters. The van der Waals surface area contributed by atoms with Crippen molar-refractivity contribution in [3.8, 4) is 6.07 Å². The van der Waals surface area contributed by atoms with Gasteiger partial charge in [0.2, 0.25) is 0 Å². The quantitative estimate of drug-likeness (QED) is 0.622. The average Bonchev–Trinajstić information content (AvgIpc) is 2.53. The van der Waals surface area contributed by atoms with Gasteiger partial charge in [-0.1, -0.05) is 12.1 Å². The molecule has 20 heavy (non-hydrogen) atoms. The second-order valence-electron chi connectivity index (χ2n) is 5.27. The summed E-state index contributed by atoms with van der Waals surface area (Å²) in [7, 11) is 1.71. The molecular formula is C17H19NO2. The van der Waals surface area contributed by atoms with Crippen LogP contribution in [0, 0.1) is 11.3 Å². The molecule has 0 N–H and O–H groups in total. The molecule has 2 rings (SSSR count). The average molecular weight is 269 g/mol. The number of hydrogen-bond acceptors (Lipinski definition) is 3. The van der Waals surface area contributed by atoms with Crippen LogP contribution in [-0.4, -0.2) is 19.0 Å². The van der Waals surface area contributed by atoms with Gasteiger partial charge in [-0.15, -0.1) is 0 Å². The predicted octanol–water partition coefficient (Wildman–Crippen LogP) is 3.36. The Balaban J connectivity index is 2.04. The Bertz CT molecular complexity index is 517. The Morgan fingerprint density at radius 3 is 2.45 bits per heavy atom. The third-order valence-electron chi connectivity index (χ3n) is 4.23. The fourth-order valence-corrected chi connectivity index (χ4v) is 2.92. The van der Waals surface area contributed by atoms with Crippen LogP contribution in [0.2, 0.25) is 0 Å². The molecule has 1 aromatic carbocycles. The van der Waals surface area contributed by atoms with Crippen molar-refractivity contribution in [2.45, 2.75) is 37.2 Å². The second-order valence-corrected chi connectivity index (χ2v) is 5.27. The summed E-state index contributed by atoms with van der Waals surface area (Å²) in [4.78, 5) is 10.5. The molecule has 0 radical (unpaired) electrons. The van der Waals surface area contributed by atoms with E-state index in [1.165, 1.54) is 11.6 Å². The first-order valence-electron chi connectivity index (χ1n) is 6.91. The van der Waals surface area contributed by atoms with E-state index < -0.39 is 0 Å². The molecule has 0 aliphatic heterocycles. The fraction of sp³-hybridized carbons (Fsp3) is 0.412. The van der Waals surface area contributed by atoms with Crippen molar-refractivity contribution < 1.29 is 9.53 Å². The third-order valence-corrected chi connectivity index (χ3v) is 4.23. The first-order chi connectivity index (χ1) is 9.73. The molecule has 0 unspecified atom stereocenters. The number of methoxy groups -OCH3 is 1. The van der Waals surface area contributed by atoms with E-state index in [1.54, 1.807) is 7.11 Å². The number of benzene rings is 1. The van der Waals surface area contributed by atoms with Gasteiger partial charge >= 0.3 is 0 Å². The smallest absolute Gasteiger partial charge is 0.142 e. The summed E-state index contributed by atoms with van der Waals surface area (Å²) < 4.78 is 5.61. The number of nitrogens with zero attached hydrogens (tertiary/aromatic N) is 1. The monoisotopic (exact) mass is 269 g/mol. The molecule has 0 spiro atoms. The number of carbonyl (C=O) groups excluding carboxylic acids is 1. The van der Waals surface area contributed by atoms with Crippen LogP contribution >= 0.6 is 0 Å². The molecule has 1 aromatic rings. The minimum atomic E-state index is -0.288. The van der Waals surface area contributed by atoms with Crippen molar-refractivity contribution in [3.05, 3.63) is 47.5 Å². The summed E-state index contributed by atoms with van der Waals surface area (Å²) in [6.45, 7) is 0. The maximum absolute atomic E-state index is 10.5. The van der Waals surface area contributed by atoms with Crippen molar-refractivity contribution in [3.63, 3.8) is 0 Å². The van der Waals surface area contributed by atoms with Crippen LogP contribution in [0.1, 0.15) is 42.7 Å². The van der Waals surface area contributed by atoms with Crippen LogP contribution in [0.5, 0.6) is 0 Å². The first-order valence-corrected chi connectivity index (χ1v) is 6.91. The van der Waals surface area contributed by atoms with Crippen molar-refractivity contribution in [2.75, 3.05) is 7.11 Å². The van der Waals surface area contributed by atoms with Gasteiger partial charge in [0.15, 0.2) is 0 Å². The molecule has 0 heterocycles. The summed E-state index contributed by atoms with van der Waals surface area (Å²) in [5, 5.41) is 8.82. The van der Waals surface area contributed by atoms with Crippen LogP contribution in [0.3, 0.4) is 0 Å². The van der Waals surface area contributed by atoms with Gasteiger partial charge in [0.05, 0.1) is 17.2 Å². The highest BCUT2D eigenvalue weighted by molar-refractivity contribution is 5.65. The SMILES string of the molecule is COC1(C=CC=O)CCC(c2ccc(C#N)cc2)CC1.